The molecule has 2 aromatic rings. The minimum atomic E-state index is -0.789. The maximum absolute atomic E-state index is 12.6. The summed E-state index contributed by atoms with van der Waals surface area (Å²) in [5.74, 6) is 2.13. The van der Waals surface area contributed by atoms with Gasteiger partial charge in [0.25, 0.3) is 5.89 Å². The van der Waals surface area contributed by atoms with Crippen LogP contribution in [-0.4, -0.2) is 51.1 Å². The SMILES string of the molecule is Cc1cc(-c2noc([C@@H]3[C@@H](O)CCN3C(=O)OC(C)(C)C)n2)ccc1OCC1CCCCC1. The highest BCUT2D eigenvalue weighted by molar-refractivity contribution is 5.69. The third-order valence-corrected chi connectivity index (χ3v) is 6.32. The van der Waals surface area contributed by atoms with E-state index in [-0.39, 0.29) is 5.89 Å². The molecule has 8 nitrogen and oxygen atoms in total. The first-order chi connectivity index (χ1) is 15.7. The third kappa shape index (κ3) is 5.66. The zero-order valence-corrected chi connectivity index (χ0v) is 20.0. The summed E-state index contributed by atoms with van der Waals surface area (Å²) in [6.45, 7) is 8.55. The largest absolute Gasteiger partial charge is 0.493 e. The molecule has 8 heteroatoms. The molecule has 1 aromatic carbocycles. The van der Waals surface area contributed by atoms with Crippen molar-refractivity contribution in [2.45, 2.75) is 84.0 Å². The van der Waals surface area contributed by atoms with Crippen LogP contribution < -0.4 is 4.74 Å². The minimum absolute atomic E-state index is 0.205. The normalized spacial score (nSPS) is 21.9. The molecule has 1 N–H and O–H groups in total. The van der Waals surface area contributed by atoms with Crippen molar-refractivity contribution in [3.63, 3.8) is 0 Å². The lowest BCUT2D eigenvalue weighted by molar-refractivity contribution is 0.0107. The van der Waals surface area contributed by atoms with Crippen molar-refractivity contribution in [2.75, 3.05) is 13.2 Å². The van der Waals surface area contributed by atoms with E-state index in [9.17, 15) is 9.90 Å². The number of amides is 1. The van der Waals surface area contributed by atoms with Crippen LogP contribution >= 0.6 is 0 Å². The van der Waals surface area contributed by atoms with Crippen molar-refractivity contribution in [1.29, 1.82) is 0 Å². The maximum atomic E-state index is 12.6. The van der Waals surface area contributed by atoms with Gasteiger partial charge < -0.3 is 19.1 Å². The highest BCUT2D eigenvalue weighted by Crippen LogP contribution is 2.34. The second kappa shape index (κ2) is 9.71. The molecule has 2 aliphatic rings. The quantitative estimate of drug-likeness (QED) is 0.671. The van der Waals surface area contributed by atoms with Crippen LogP contribution in [0.3, 0.4) is 0 Å². The standard InChI is InChI=1S/C25H35N3O5/c1-16-14-18(10-11-20(16)31-15-17-8-6-5-7-9-17)22-26-23(33-27-22)21-19(29)12-13-28(21)24(30)32-25(2,3)4/h10-11,14,17,19,21,29H,5-9,12-13,15H2,1-4H3/t19-,21-/m0/s1. The molecular weight excluding hydrogens is 422 g/mol. The Hall–Kier alpha value is -2.61. The van der Waals surface area contributed by atoms with Crippen LogP contribution in [0.25, 0.3) is 11.4 Å². The summed E-state index contributed by atoms with van der Waals surface area (Å²) in [5, 5.41) is 14.6. The van der Waals surface area contributed by atoms with Gasteiger partial charge in [-0.2, -0.15) is 4.98 Å². The number of likely N-dealkylation sites (tertiary alicyclic amines) is 1. The summed E-state index contributed by atoms with van der Waals surface area (Å²) in [7, 11) is 0. The number of nitrogens with zero attached hydrogens (tertiary/aromatic N) is 3. The number of aliphatic hydroxyl groups excluding tert-OH is 1. The van der Waals surface area contributed by atoms with Crippen LogP contribution in [0.2, 0.25) is 0 Å². The van der Waals surface area contributed by atoms with Gasteiger partial charge >= 0.3 is 6.09 Å². The van der Waals surface area contributed by atoms with Crippen LogP contribution in [0, 0.1) is 12.8 Å². The number of benzene rings is 1. The molecule has 2 fully saturated rings. The minimum Gasteiger partial charge on any atom is -0.493 e. The number of carbonyl (C=O) groups is 1. The predicted molar refractivity (Wildman–Crippen MR) is 123 cm³/mol. The molecule has 33 heavy (non-hydrogen) atoms. The van der Waals surface area contributed by atoms with E-state index in [2.05, 4.69) is 10.1 Å². The molecule has 2 atom stereocenters. The van der Waals surface area contributed by atoms with E-state index < -0.39 is 23.8 Å². The van der Waals surface area contributed by atoms with Crippen molar-refractivity contribution in [1.82, 2.24) is 15.0 Å². The molecular formula is C25H35N3O5. The topological polar surface area (TPSA) is 97.9 Å². The summed E-state index contributed by atoms with van der Waals surface area (Å²) in [6, 6.07) is 5.11. The molecule has 0 spiro atoms. The first kappa shape index (κ1) is 23.5. The summed E-state index contributed by atoms with van der Waals surface area (Å²) in [5.41, 5.74) is 1.17. The van der Waals surface area contributed by atoms with Gasteiger partial charge in [-0.25, -0.2) is 4.79 Å². The fourth-order valence-electron chi connectivity index (χ4n) is 4.58. The number of hydrogen-bond donors (Lipinski definition) is 1. The number of rotatable bonds is 5. The van der Waals surface area contributed by atoms with Crippen LogP contribution in [0.1, 0.15) is 76.8 Å². The maximum Gasteiger partial charge on any atom is 0.411 e. The number of carbonyl (C=O) groups excluding carboxylic acids is 1. The Morgan fingerprint density at radius 3 is 2.67 bits per heavy atom. The molecule has 2 heterocycles. The van der Waals surface area contributed by atoms with Crippen molar-refractivity contribution < 1.29 is 23.9 Å². The first-order valence-corrected chi connectivity index (χ1v) is 12.0. The summed E-state index contributed by atoms with van der Waals surface area (Å²) in [6.07, 6.45) is 5.56. The lowest BCUT2D eigenvalue weighted by Gasteiger charge is -2.27. The Labute approximate surface area is 195 Å². The average molecular weight is 458 g/mol. The van der Waals surface area contributed by atoms with E-state index in [0.29, 0.717) is 24.7 Å². The van der Waals surface area contributed by atoms with Gasteiger partial charge in [-0.05, 0) is 76.6 Å². The number of ether oxygens (including phenoxy) is 2. The van der Waals surface area contributed by atoms with Crippen LogP contribution in [0.5, 0.6) is 5.75 Å². The van der Waals surface area contributed by atoms with E-state index >= 15 is 0 Å². The van der Waals surface area contributed by atoms with E-state index in [1.165, 1.54) is 37.0 Å². The van der Waals surface area contributed by atoms with E-state index in [4.69, 9.17) is 14.0 Å². The van der Waals surface area contributed by atoms with Crippen molar-refractivity contribution in [2.24, 2.45) is 5.92 Å². The second-order valence-electron chi connectivity index (χ2n) is 10.2. The van der Waals surface area contributed by atoms with Crippen molar-refractivity contribution >= 4 is 6.09 Å². The fourth-order valence-corrected chi connectivity index (χ4v) is 4.58. The van der Waals surface area contributed by atoms with Crippen molar-refractivity contribution in [3.8, 4) is 17.1 Å². The first-order valence-electron chi connectivity index (χ1n) is 12.0. The molecule has 1 amide bonds. The molecule has 1 aliphatic carbocycles. The van der Waals surface area contributed by atoms with Gasteiger partial charge in [0.05, 0.1) is 12.7 Å². The van der Waals surface area contributed by atoms with Gasteiger partial charge in [0, 0.05) is 12.1 Å². The van der Waals surface area contributed by atoms with E-state index in [1.54, 1.807) is 0 Å². The summed E-state index contributed by atoms with van der Waals surface area (Å²) >= 11 is 0. The molecule has 0 unspecified atom stereocenters. The Kier molecular flexibility index (Phi) is 6.93. The monoisotopic (exact) mass is 457 g/mol. The van der Waals surface area contributed by atoms with Gasteiger partial charge in [-0.15, -0.1) is 0 Å². The Morgan fingerprint density at radius 1 is 1.21 bits per heavy atom. The van der Waals surface area contributed by atoms with Gasteiger partial charge in [0.2, 0.25) is 5.82 Å². The second-order valence-corrected chi connectivity index (χ2v) is 10.2. The molecule has 1 saturated carbocycles. The number of aryl methyl sites for hydroxylation is 1. The summed E-state index contributed by atoms with van der Waals surface area (Å²) < 4.78 is 17.1. The highest BCUT2D eigenvalue weighted by Gasteiger charge is 2.42. The van der Waals surface area contributed by atoms with E-state index in [1.807, 2.05) is 45.9 Å². The molecule has 0 radical (unpaired) electrons. The Bertz CT molecular complexity index is 961. The van der Waals surface area contributed by atoms with Gasteiger partial charge in [0.15, 0.2) is 0 Å². The Morgan fingerprint density at radius 2 is 1.97 bits per heavy atom. The molecule has 0 bridgehead atoms. The van der Waals surface area contributed by atoms with Crippen LogP contribution in [0.4, 0.5) is 4.79 Å². The zero-order chi connectivity index (χ0) is 23.6. The van der Waals surface area contributed by atoms with Gasteiger partial charge in [-0.1, -0.05) is 24.4 Å². The number of aromatic nitrogens is 2. The fraction of sp³-hybridized carbons (Fsp3) is 0.640. The van der Waals surface area contributed by atoms with E-state index in [0.717, 1.165) is 23.5 Å². The molecule has 1 aromatic heterocycles. The average Bonchev–Trinajstić information content (AvgIpc) is 3.39. The number of hydrogen-bond acceptors (Lipinski definition) is 7. The molecule has 1 saturated heterocycles. The van der Waals surface area contributed by atoms with Gasteiger partial charge in [-0.3, -0.25) is 4.90 Å². The molecule has 1 aliphatic heterocycles. The van der Waals surface area contributed by atoms with Crippen LogP contribution in [0.15, 0.2) is 22.7 Å². The smallest absolute Gasteiger partial charge is 0.411 e. The zero-order valence-electron chi connectivity index (χ0n) is 20.0. The predicted octanol–water partition coefficient (Wildman–Crippen LogP) is 5.05. The molecule has 4 rings (SSSR count). The Balaban J connectivity index is 1.45. The highest BCUT2D eigenvalue weighted by atomic mass is 16.6. The summed E-state index contributed by atoms with van der Waals surface area (Å²) in [4.78, 5) is 18.6. The molecule has 180 valence electrons. The third-order valence-electron chi connectivity index (χ3n) is 6.32. The van der Waals surface area contributed by atoms with Crippen molar-refractivity contribution in [3.05, 3.63) is 29.7 Å². The number of aliphatic hydroxyl groups is 1. The lowest BCUT2D eigenvalue weighted by atomic mass is 9.90. The van der Waals surface area contributed by atoms with Gasteiger partial charge in [0.1, 0.15) is 17.4 Å². The lowest BCUT2D eigenvalue weighted by Crippen LogP contribution is -2.38. The van der Waals surface area contributed by atoms with Crippen LogP contribution in [-0.2, 0) is 4.74 Å².